The van der Waals surface area contributed by atoms with Gasteiger partial charge in [-0.3, -0.25) is 4.72 Å². The third-order valence-electron chi connectivity index (χ3n) is 3.83. The van der Waals surface area contributed by atoms with Crippen LogP contribution in [0.1, 0.15) is 15.9 Å². The Hall–Kier alpha value is -2.77. The molecule has 0 spiro atoms. The molecular weight excluding hydrogens is 394 g/mol. The number of hydrogen-bond acceptors (Lipinski definition) is 5. The van der Waals surface area contributed by atoms with Crippen LogP contribution in [-0.4, -0.2) is 21.5 Å². The summed E-state index contributed by atoms with van der Waals surface area (Å²) in [4.78, 5) is 13.9. The number of anilines is 1. The molecule has 7 heteroatoms. The van der Waals surface area contributed by atoms with E-state index in [2.05, 4.69) is 4.72 Å². The zero-order valence-electron chi connectivity index (χ0n) is 15.2. The molecule has 0 radical (unpaired) electrons. The molecule has 0 saturated heterocycles. The van der Waals surface area contributed by atoms with Crippen LogP contribution >= 0.6 is 11.8 Å². The molecule has 0 amide bonds. The van der Waals surface area contributed by atoms with Crippen molar-refractivity contribution in [2.45, 2.75) is 15.5 Å². The maximum atomic E-state index is 12.5. The number of carbonyl (C=O) groups excluding carboxylic acids is 1. The Morgan fingerprint density at radius 2 is 1.61 bits per heavy atom. The van der Waals surface area contributed by atoms with Gasteiger partial charge in [-0.05, 0) is 35.9 Å². The molecule has 0 aliphatic rings. The van der Waals surface area contributed by atoms with Gasteiger partial charge in [0.15, 0.2) is 0 Å². The Kier molecular flexibility index (Phi) is 6.38. The topological polar surface area (TPSA) is 72.5 Å². The molecule has 144 valence electrons. The number of benzene rings is 3. The van der Waals surface area contributed by atoms with Gasteiger partial charge >= 0.3 is 5.97 Å². The molecule has 0 saturated carbocycles. The molecule has 0 atom stereocenters. The van der Waals surface area contributed by atoms with Crippen LogP contribution in [-0.2, 0) is 20.5 Å². The molecule has 1 N–H and O–H groups in total. The highest BCUT2D eigenvalue weighted by molar-refractivity contribution is 7.99. The van der Waals surface area contributed by atoms with E-state index in [1.54, 1.807) is 36.4 Å². The minimum absolute atomic E-state index is 0.151. The molecule has 0 fully saturated rings. The summed E-state index contributed by atoms with van der Waals surface area (Å²) in [5.41, 5.74) is 1.30. The Morgan fingerprint density at radius 3 is 2.25 bits per heavy atom. The number of nitrogens with one attached hydrogen (secondary N) is 1. The molecule has 0 unspecified atom stereocenters. The summed E-state index contributed by atoms with van der Waals surface area (Å²) in [6, 6.07) is 23.3. The smallest absolute Gasteiger partial charge is 0.339 e. The van der Waals surface area contributed by atoms with Crippen molar-refractivity contribution in [1.29, 1.82) is 0 Å². The molecule has 5 nitrogen and oxygen atoms in total. The van der Waals surface area contributed by atoms with Crippen molar-refractivity contribution >= 4 is 33.4 Å². The van der Waals surface area contributed by atoms with Gasteiger partial charge in [0.1, 0.15) is 0 Å². The fourth-order valence-corrected chi connectivity index (χ4v) is 4.70. The highest BCUT2D eigenvalue weighted by atomic mass is 32.2. The number of methoxy groups -OCH3 is 1. The quantitative estimate of drug-likeness (QED) is 0.575. The number of ether oxygens (including phenoxy) is 1. The maximum absolute atomic E-state index is 12.5. The number of rotatable bonds is 7. The van der Waals surface area contributed by atoms with E-state index in [1.807, 2.05) is 36.4 Å². The van der Waals surface area contributed by atoms with E-state index in [0.717, 1.165) is 4.90 Å². The third kappa shape index (κ3) is 5.37. The Morgan fingerprint density at radius 1 is 0.964 bits per heavy atom. The van der Waals surface area contributed by atoms with Crippen LogP contribution in [0.2, 0.25) is 0 Å². The molecule has 28 heavy (non-hydrogen) atoms. The predicted octanol–water partition coefficient (Wildman–Crippen LogP) is 4.57. The van der Waals surface area contributed by atoms with Gasteiger partial charge in [-0.2, -0.15) is 0 Å². The van der Waals surface area contributed by atoms with Crippen LogP contribution in [0.25, 0.3) is 0 Å². The molecule has 3 aromatic rings. The van der Waals surface area contributed by atoms with Crippen LogP contribution in [0, 0.1) is 0 Å². The minimum atomic E-state index is -3.62. The standard InChI is InChI=1S/C21H19NO4S2/c1-26-21(23)19-14-17(12-13-20(19)27-18-10-6-3-7-11-18)22-28(24,25)15-16-8-4-2-5-9-16/h2-14,22H,15H2,1H3. The first-order valence-corrected chi connectivity index (χ1v) is 10.9. The highest BCUT2D eigenvalue weighted by Crippen LogP contribution is 2.32. The van der Waals surface area contributed by atoms with Gasteiger partial charge in [-0.25, -0.2) is 13.2 Å². The van der Waals surface area contributed by atoms with E-state index in [4.69, 9.17) is 4.74 Å². The monoisotopic (exact) mass is 413 g/mol. The second-order valence-electron chi connectivity index (χ2n) is 5.96. The average Bonchev–Trinajstić information content (AvgIpc) is 2.69. The fourth-order valence-electron chi connectivity index (χ4n) is 2.58. The largest absolute Gasteiger partial charge is 0.465 e. The van der Waals surface area contributed by atoms with Gasteiger partial charge in [-0.15, -0.1) is 0 Å². The van der Waals surface area contributed by atoms with Crippen LogP contribution in [0.4, 0.5) is 5.69 Å². The molecule has 3 rings (SSSR count). The van der Waals surface area contributed by atoms with Crippen molar-refractivity contribution in [3.8, 4) is 0 Å². The molecule has 0 aliphatic heterocycles. The highest BCUT2D eigenvalue weighted by Gasteiger charge is 2.17. The van der Waals surface area contributed by atoms with Gasteiger partial charge in [0.05, 0.1) is 18.4 Å². The molecular formula is C21H19NO4S2. The zero-order valence-corrected chi connectivity index (χ0v) is 16.8. The van der Waals surface area contributed by atoms with E-state index < -0.39 is 16.0 Å². The normalized spacial score (nSPS) is 11.0. The summed E-state index contributed by atoms with van der Waals surface area (Å²) in [5, 5.41) is 0. The van der Waals surface area contributed by atoms with Gasteiger partial charge in [0.25, 0.3) is 0 Å². The molecule has 0 bridgehead atoms. The first kappa shape index (κ1) is 20.0. The average molecular weight is 414 g/mol. The van der Waals surface area contributed by atoms with Crippen LogP contribution in [0.3, 0.4) is 0 Å². The lowest BCUT2D eigenvalue weighted by Gasteiger charge is -2.12. The zero-order chi connectivity index (χ0) is 20.0. The lowest BCUT2D eigenvalue weighted by Crippen LogP contribution is -2.15. The second-order valence-corrected chi connectivity index (χ2v) is 8.80. The van der Waals surface area contributed by atoms with Crippen LogP contribution < -0.4 is 4.72 Å². The Balaban J connectivity index is 1.85. The van der Waals surface area contributed by atoms with Crippen molar-refractivity contribution in [3.63, 3.8) is 0 Å². The molecule has 0 aromatic heterocycles. The Bertz CT molecular complexity index is 1050. The van der Waals surface area contributed by atoms with Gasteiger partial charge < -0.3 is 4.74 Å². The summed E-state index contributed by atoms with van der Waals surface area (Å²) < 4.78 is 32.3. The summed E-state index contributed by atoms with van der Waals surface area (Å²) in [7, 11) is -2.32. The van der Waals surface area contributed by atoms with Crippen molar-refractivity contribution in [2.24, 2.45) is 0 Å². The lowest BCUT2D eigenvalue weighted by atomic mass is 10.2. The number of carbonyl (C=O) groups is 1. The van der Waals surface area contributed by atoms with Crippen molar-refractivity contribution in [2.75, 3.05) is 11.8 Å². The SMILES string of the molecule is COC(=O)c1cc(NS(=O)(=O)Cc2ccccc2)ccc1Sc1ccccc1. The summed E-state index contributed by atoms with van der Waals surface area (Å²) in [5.74, 6) is -0.676. The fraction of sp³-hybridized carbons (Fsp3) is 0.0952. The molecule has 0 heterocycles. The molecule has 0 aliphatic carbocycles. The number of esters is 1. The number of sulfonamides is 1. The predicted molar refractivity (Wildman–Crippen MR) is 111 cm³/mol. The minimum Gasteiger partial charge on any atom is -0.465 e. The van der Waals surface area contributed by atoms with Crippen molar-refractivity contribution in [3.05, 3.63) is 90.0 Å². The lowest BCUT2D eigenvalue weighted by molar-refractivity contribution is 0.0597. The summed E-state index contributed by atoms with van der Waals surface area (Å²) in [6.07, 6.45) is 0. The van der Waals surface area contributed by atoms with E-state index in [9.17, 15) is 13.2 Å². The third-order valence-corrected chi connectivity index (χ3v) is 6.17. The number of hydrogen-bond donors (Lipinski definition) is 1. The van der Waals surface area contributed by atoms with Crippen LogP contribution in [0.5, 0.6) is 0 Å². The van der Waals surface area contributed by atoms with E-state index in [-0.39, 0.29) is 5.75 Å². The van der Waals surface area contributed by atoms with Crippen molar-refractivity contribution in [1.82, 2.24) is 0 Å². The Labute approximate surface area is 168 Å². The van der Waals surface area contributed by atoms with E-state index >= 15 is 0 Å². The first-order chi connectivity index (χ1) is 13.5. The summed E-state index contributed by atoms with van der Waals surface area (Å²) >= 11 is 1.41. The van der Waals surface area contributed by atoms with Gasteiger partial charge in [-0.1, -0.05) is 60.3 Å². The summed E-state index contributed by atoms with van der Waals surface area (Å²) in [6.45, 7) is 0. The second kappa shape index (κ2) is 8.95. The van der Waals surface area contributed by atoms with E-state index in [0.29, 0.717) is 21.7 Å². The van der Waals surface area contributed by atoms with Gasteiger partial charge in [0.2, 0.25) is 10.0 Å². The maximum Gasteiger partial charge on any atom is 0.339 e. The molecule has 3 aromatic carbocycles. The van der Waals surface area contributed by atoms with Gasteiger partial charge in [0, 0.05) is 15.5 Å². The van der Waals surface area contributed by atoms with Crippen molar-refractivity contribution < 1.29 is 17.9 Å². The first-order valence-electron chi connectivity index (χ1n) is 8.46. The van der Waals surface area contributed by atoms with Crippen LogP contribution in [0.15, 0.2) is 88.7 Å². The van der Waals surface area contributed by atoms with E-state index in [1.165, 1.54) is 24.9 Å².